The topological polar surface area (TPSA) is 98.0 Å². The molecule has 1 fully saturated rings. The summed E-state index contributed by atoms with van der Waals surface area (Å²) in [5.41, 5.74) is 0. The Bertz CT molecular complexity index is 469. The van der Waals surface area contributed by atoms with E-state index < -0.39 is 24.3 Å². The molecule has 0 bridgehead atoms. The van der Waals surface area contributed by atoms with Gasteiger partial charge in [0.25, 0.3) is 0 Å². The first-order valence-corrected chi connectivity index (χ1v) is 9.20. The molecule has 1 rings (SSSR count). The van der Waals surface area contributed by atoms with Crippen LogP contribution in [-0.4, -0.2) is 44.7 Å². The van der Waals surface area contributed by atoms with Crippen molar-refractivity contribution in [1.29, 1.82) is 0 Å². The Morgan fingerprint density at radius 3 is 2.56 bits per heavy atom. The Hall–Kier alpha value is -1.43. The lowest BCUT2D eigenvalue weighted by Crippen LogP contribution is -2.20. The summed E-state index contributed by atoms with van der Waals surface area (Å²) in [6.07, 6.45) is 13.5. The van der Waals surface area contributed by atoms with Crippen LogP contribution in [0.5, 0.6) is 0 Å². The Balaban J connectivity index is 2.51. The van der Waals surface area contributed by atoms with Crippen LogP contribution in [0.1, 0.15) is 51.9 Å². The number of aliphatic hydroxyl groups excluding tert-OH is 3. The number of hydrogen-bond acceptors (Lipinski definition) is 4. The minimum atomic E-state index is -0.869. The maximum Gasteiger partial charge on any atom is 0.303 e. The first kappa shape index (κ1) is 21.6. The zero-order valence-electron chi connectivity index (χ0n) is 15.0. The number of carbonyl (C=O) groups is 1. The zero-order valence-corrected chi connectivity index (χ0v) is 15.0. The van der Waals surface area contributed by atoms with Crippen molar-refractivity contribution in [3.05, 3.63) is 36.5 Å². The lowest BCUT2D eigenvalue weighted by molar-refractivity contribution is -0.137. The number of carboxylic acids is 1. The minimum absolute atomic E-state index is 0.0373. The van der Waals surface area contributed by atoms with Crippen molar-refractivity contribution >= 4 is 5.97 Å². The van der Waals surface area contributed by atoms with E-state index in [1.54, 1.807) is 12.2 Å². The molecule has 4 N–H and O–H groups in total. The van der Waals surface area contributed by atoms with Crippen molar-refractivity contribution in [3.8, 4) is 0 Å². The van der Waals surface area contributed by atoms with Crippen molar-refractivity contribution in [2.75, 3.05) is 0 Å². The van der Waals surface area contributed by atoms with Gasteiger partial charge in [-0.15, -0.1) is 0 Å². The van der Waals surface area contributed by atoms with Gasteiger partial charge in [0.05, 0.1) is 18.3 Å². The summed E-state index contributed by atoms with van der Waals surface area (Å²) in [6, 6.07) is 0. The minimum Gasteiger partial charge on any atom is -0.481 e. The molecule has 5 heteroatoms. The predicted octanol–water partition coefficient (Wildman–Crippen LogP) is 2.82. The molecule has 5 nitrogen and oxygen atoms in total. The van der Waals surface area contributed by atoms with Crippen molar-refractivity contribution in [1.82, 2.24) is 0 Å². The Labute approximate surface area is 150 Å². The fraction of sp³-hybridized carbons (Fsp3) is 0.650. The van der Waals surface area contributed by atoms with E-state index in [0.717, 1.165) is 12.8 Å². The molecule has 0 amide bonds. The quantitative estimate of drug-likeness (QED) is 0.429. The molecule has 0 radical (unpaired) electrons. The molecule has 0 aliphatic heterocycles. The van der Waals surface area contributed by atoms with E-state index in [1.165, 1.54) is 0 Å². The molecule has 0 aromatic rings. The van der Waals surface area contributed by atoms with Gasteiger partial charge in [-0.3, -0.25) is 4.79 Å². The molecule has 0 aromatic carbocycles. The molecule has 1 aliphatic rings. The normalized spacial score (nSPS) is 28.5. The molecule has 0 spiro atoms. The second-order valence-electron chi connectivity index (χ2n) is 6.67. The van der Waals surface area contributed by atoms with Gasteiger partial charge in [0.15, 0.2) is 0 Å². The lowest BCUT2D eigenvalue weighted by Gasteiger charge is -2.19. The third-order valence-corrected chi connectivity index (χ3v) is 4.61. The SMILES string of the molecule is CC/C=C\C/C=C\C[C@H]1[C@@H](/C=C/[C@H](O)CCCC(=O)O)[C@@H](O)C[C@H]1O. The zero-order chi connectivity index (χ0) is 18.7. The van der Waals surface area contributed by atoms with Gasteiger partial charge in [0, 0.05) is 18.8 Å². The standard InChI is InChI=1S/C20H32O5/c1-2-3-4-5-6-7-10-16-17(19(23)14-18(16)22)13-12-15(21)9-8-11-20(24)25/h3-4,6-7,12-13,15-19,21-23H,2,5,8-11,14H2,1H3,(H,24,25)/b4-3-,7-6-,13-12+/t15-,16+,17-,18-,19+/m1/s1. The number of rotatable bonds is 11. The molecular formula is C20H32O5. The fourth-order valence-corrected chi connectivity index (χ4v) is 3.21. The van der Waals surface area contributed by atoms with Gasteiger partial charge >= 0.3 is 5.97 Å². The molecule has 25 heavy (non-hydrogen) atoms. The van der Waals surface area contributed by atoms with Crippen LogP contribution in [0.4, 0.5) is 0 Å². The average Bonchev–Trinajstić information content (AvgIpc) is 2.81. The summed E-state index contributed by atoms with van der Waals surface area (Å²) >= 11 is 0. The largest absolute Gasteiger partial charge is 0.481 e. The molecule has 0 aromatic heterocycles. The predicted molar refractivity (Wildman–Crippen MR) is 98.0 cm³/mol. The Kier molecular flexibility index (Phi) is 10.4. The van der Waals surface area contributed by atoms with Crippen LogP contribution in [0.25, 0.3) is 0 Å². The van der Waals surface area contributed by atoms with E-state index in [0.29, 0.717) is 25.7 Å². The van der Waals surface area contributed by atoms with E-state index in [-0.39, 0.29) is 18.3 Å². The highest BCUT2D eigenvalue weighted by Gasteiger charge is 2.39. The molecule has 5 atom stereocenters. The third kappa shape index (κ3) is 8.47. The Morgan fingerprint density at radius 1 is 1.16 bits per heavy atom. The fourth-order valence-electron chi connectivity index (χ4n) is 3.21. The molecule has 0 heterocycles. The van der Waals surface area contributed by atoms with Gasteiger partial charge in [0.1, 0.15) is 0 Å². The second kappa shape index (κ2) is 12.0. The summed E-state index contributed by atoms with van der Waals surface area (Å²) < 4.78 is 0. The van der Waals surface area contributed by atoms with E-state index in [2.05, 4.69) is 25.2 Å². The molecule has 142 valence electrons. The first-order chi connectivity index (χ1) is 12.0. The summed E-state index contributed by atoms with van der Waals surface area (Å²) in [6.45, 7) is 2.09. The first-order valence-electron chi connectivity index (χ1n) is 9.20. The van der Waals surface area contributed by atoms with Crippen LogP contribution < -0.4 is 0 Å². The highest BCUT2D eigenvalue weighted by atomic mass is 16.4. The van der Waals surface area contributed by atoms with Crippen molar-refractivity contribution in [3.63, 3.8) is 0 Å². The maximum absolute atomic E-state index is 10.5. The van der Waals surface area contributed by atoms with E-state index in [1.807, 2.05) is 6.08 Å². The van der Waals surface area contributed by atoms with Gasteiger partial charge in [-0.25, -0.2) is 0 Å². The van der Waals surface area contributed by atoms with Crippen LogP contribution in [0.3, 0.4) is 0 Å². The van der Waals surface area contributed by atoms with Gasteiger partial charge in [-0.2, -0.15) is 0 Å². The smallest absolute Gasteiger partial charge is 0.303 e. The van der Waals surface area contributed by atoms with Gasteiger partial charge in [-0.05, 0) is 38.0 Å². The maximum atomic E-state index is 10.5. The van der Waals surface area contributed by atoms with E-state index >= 15 is 0 Å². The van der Waals surface area contributed by atoms with Crippen LogP contribution in [0, 0.1) is 11.8 Å². The molecule has 0 saturated heterocycles. The highest BCUT2D eigenvalue weighted by molar-refractivity contribution is 5.66. The number of hydrogen-bond donors (Lipinski definition) is 4. The van der Waals surface area contributed by atoms with Crippen LogP contribution in [0.15, 0.2) is 36.5 Å². The third-order valence-electron chi connectivity index (χ3n) is 4.61. The molecule has 0 unspecified atom stereocenters. The van der Waals surface area contributed by atoms with Crippen molar-refractivity contribution in [2.45, 2.75) is 70.2 Å². The lowest BCUT2D eigenvalue weighted by atomic mass is 9.89. The van der Waals surface area contributed by atoms with Crippen LogP contribution in [0.2, 0.25) is 0 Å². The monoisotopic (exact) mass is 352 g/mol. The summed E-state index contributed by atoms with van der Waals surface area (Å²) in [5.74, 6) is -1.13. The van der Waals surface area contributed by atoms with Crippen LogP contribution >= 0.6 is 0 Å². The van der Waals surface area contributed by atoms with Crippen molar-refractivity contribution < 1.29 is 25.2 Å². The van der Waals surface area contributed by atoms with Crippen molar-refractivity contribution in [2.24, 2.45) is 11.8 Å². The number of carboxylic acid groups (broad SMARTS) is 1. The second-order valence-corrected chi connectivity index (χ2v) is 6.67. The summed E-state index contributed by atoms with van der Waals surface area (Å²) in [5, 5.41) is 38.8. The highest BCUT2D eigenvalue weighted by Crippen LogP contribution is 2.36. The van der Waals surface area contributed by atoms with Crippen LogP contribution in [-0.2, 0) is 4.79 Å². The number of aliphatic carboxylic acids is 1. The number of aliphatic hydroxyl groups is 3. The summed E-state index contributed by atoms with van der Waals surface area (Å²) in [7, 11) is 0. The average molecular weight is 352 g/mol. The van der Waals surface area contributed by atoms with Gasteiger partial charge in [0.2, 0.25) is 0 Å². The molecular weight excluding hydrogens is 320 g/mol. The Morgan fingerprint density at radius 2 is 1.88 bits per heavy atom. The van der Waals surface area contributed by atoms with E-state index in [4.69, 9.17) is 5.11 Å². The van der Waals surface area contributed by atoms with E-state index in [9.17, 15) is 20.1 Å². The molecule has 1 saturated carbocycles. The summed E-state index contributed by atoms with van der Waals surface area (Å²) in [4.78, 5) is 10.5. The molecule has 1 aliphatic carbocycles. The van der Waals surface area contributed by atoms with Gasteiger partial charge in [-0.1, -0.05) is 43.4 Å². The van der Waals surface area contributed by atoms with Gasteiger partial charge < -0.3 is 20.4 Å². The number of allylic oxidation sites excluding steroid dienone is 4.